The molecule has 0 aliphatic heterocycles. The molecule has 0 amide bonds. The van der Waals surface area contributed by atoms with Crippen LogP contribution in [-0.2, 0) is 11.2 Å². The van der Waals surface area contributed by atoms with Gasteiger partial charge in [0.05, 0.1) is 14.2 Å². The zero-order valence-corrected chi connectivity index (χ0v) is 12.6. The number of hydrogen-bond donors (Lipinski definition) is 1. The molecule has 0 radical (unpaired) electrons. The van der Waals surface area contributed by atoms with Crippen LogP contribution in [0.1, 0.15) is 11.1 Å². The van der Waals surface area contributed by atoms with E-state index in [4.69, 9.17) is 9.47 Å². The number of carbonyl (C=O) groups is 1. The lowest BCUT2D eigenvalue weighted by Gasteiger charge is -2.04. The lowest BCUT2D eigenvalue weighted by Crippen LogP contribution is -2.00. The molecule has 0 spiro atoms. The monoisotopic (exact) mass is 298 g/mol. The van der Waals surface area contributed by atoms with Crippen LogP contribution in [0.5, 0.6) is 11.5 Å². The number of ether oxygens (including phenoxy) is 2. The Morgan fingerprint density at radius 1 is 0.955 bits per heavy atom. The van der Waals surface area contributed by atoms with E-state index in [1.54, 1.807) is 50.6 Å². The molecule has 0 fully saturated rings. The summed E-state index contributed by atoms with van der Waals surface area (Å²) in [4.78, 5) is 12.0. The number of hydrogen-bond acceptors (Lipinski definition) is 4. The Balaban J connectivity index is 2.04. The van der Waals surface area contributed by atoms with Gasteiger partial charge in [0.15, 0.2) is 5.78 Å². The van der Waals surface area contributed by atoms with E-state index >= 15 is 0 Å². The molecule has 0 aliphatic rings. The molecular formula is C18H18O4. The Morgan fingerprint density at radius 2 is 1.45 bits per heavy atom. The number of rotatable bonds is 6. The first-order chi connectivity index (χ1) is 10.6. The number of allylic oxidation sites excluding steroid dienone is 1. The van der Waals surface area contributed by atoms with Crippen LogP contribution in [0.25, 0.3) is 5.76 Å². The Labute approximate surface area is 129 Å². The predicted octanol–water partition coefficient (Wildman–Crippen LogP) is 3.41. The molecule has 0 bridgehead atoms. The molecule has 0 unspecified atom stereocenters. The second-order valence-electron chi connectivity index (χ2n) is 4.75. The van der Waals surface area contributed by atoms with Crippen molar-refractivity contribution in [2.75, 3.05) is 14.2 Å². The van der Waals surface area contributed by atoms with E-state index in [2.05, 4.69) is 0 Å². The minimum atomic E-state index is -0.168. The first-order valence-corrected chi connectivity index (χ1v) is 6.83. The van der Waals surface area contributed by atoms with E-state index < -0.39 is 0 Å². The van der Waals surface area contributed by atoms with Gasteiger partial charge in [-0.25, -0.2) is 0 Å². The van der Waals surface area contributed by atoms with Gasteiger partial charge in [-0.1, -0.05) is 12.1 Å². The van der Waals surface area contributed by atoms with Crippen LogP contribution in [0.4, 0.5) is 0 Å². The highest BCUT2D eigenvalue weighted by Crippen LogP contribution is 2.17. The minimum Gasteiger partial charge on any atom is -0.507 e. The largest absolute Gasteiger partial charge is 0.507 e. The number of methoxy groups -OCH3 is 2. The average Bonchev–Trinajstić information content (AvgIpc) is 2.55. The highest BCUT2D eigenvalue weighted by Gasteiger charge is 2.05. The number of aliphatic hydroxyl groups is 1. The van der Waals surface area contributed by atoms with Crippen molar-refractivity contribution in [1.29, 1.82) is 0 Å². The predicted molar refractivity (Wildman–Crippen MR) is 85.3 cm³/mol. The summed E-state index contributed by atoms with van der Waals surface area (Å²) in [5.74, 6) is 1.22. The van der Waals surface area contributed by atoms with Gasteiger partial charge in [-0.15, -0.1) is 0 Å². The average molecular weight is 298 g/mol. The highest BCUT2D eigenvalue weighted by atomic mass is 16.5. The Kier molecular flexibility index (Phi) is 5.20. The normalized spacial score (nSPS) is 11.1. The molecule has 0 heterocycles. The van der Waals surface area contributed by atoms with E-state index in [0.717, 1.165) is 11.3 Å². The fourth-order valence-electron chi connectivity index (χ4n) is 1.99. The Bertz CT molecular complexity index is 654. The van der Waals surface area contributed by atoms with Crippen LogP contribution in [-0.4, -0.2) is 25.1 Å². The summed E-state index contributed by atoms with van der Waals surface area (Å²) in [6, 6.07) is 14.1. The third kappa shape index (κ3) is 4.12. The van der Waals surface area contributed by atoms with E-state index in [0.29, 0.717) is 11.3 Å². The van der Waals surface area contributed by atoms with Gasteiger partial charge in [0, 0.05) is 18.1 Å². The van der Waals surface area contributed by atoms with Crippen molar-refractivity contribution in [2.45, 2.75) is 6.42 Å². The van der Waals surface area contributed by atoms with Crippen molar-refractivity contribution >= 4 is 11.5 Å². The molecule has 4 nitrogen and oxygen atoms in total. The first-order valence-electron chi connectivity index (χ1n) is 6.83. The maximum Gasteiger partial charge on any atom is 0.163 e. The fraction of sp³-hybridized carbons (Fsp3) is 0.167. The summed E-state index contributed by atoms with van der Waals surface area (Å²) in [6.07, 6.45) is 1.47. The van der Waals surface area contributed by atoms with Gasteiger partial charge < -0.3 is 14.6 Å². The zero-order chi connectivity index (χ0) is 15.9. The van der Waals surface area contributed by atoms with Crippen LogP contribution < -0.4 is 9.47 Å². The van der Waals surface area contributed by atoms with Crippen molar-refractivity contribution in [1.82, 2.24) is 0 Å². The second kappa shape index (κ2) is 7.31. The summed E-state index contributed by atoms with van der Waals surface area (Å²) >= 11 is 0. The number of aliphatic hydroxyl groups excluding tert-OH is 1. The van der Waals surface area contributed by atoms with Gasteiger partial charge in [-0.2, -0.15) is 0 Å². The van der Waals surface area contributed by atoms with E-state index in [9.17, 15) is 9.90 Å². The van der Waals surface area contributed by atoms with Gasteiger partial charge >= 0.3 is 0 Å². The molecular weight excluding hydrogens is 280 g/mol. The summed E-state index contributed by atoms with van der Waals surface area (Å²) < 4.78 is 10.1. The maximum atomic E-state index is 12.0. The van der Waals surface area contributed by atoms with Crippen LogP contribution in [0.15, 0.2) is 54.6 Å². The van der Waals surface area contributed by atoms with Gasteiger partial charge in [-0.3, -0.25) is 4.79 Å². The molecule has 0 saturated carbocycles. The molecule has 0 atom stereocenters. The molecule has 1 N–H and O–H groups in total. The Hall–Kier alpha value is -2.75. The quantitative estimate of drug-likeness (QED) is 0.656. The van der Waals surface area contributed by atoms with Crippen LogP contribution in [0, 0.1) is 0 Å². The molecule has 2 rings (SSSR count). The molecule has 0 saturated heterocycles. The molecule has 22 heavy (non-hydrogen) atoms. The SMILES string of the molecule is COc1ccc(CC(=O)/C=C(/O)c2ccc(OC)cc2)cc1. The van der Waals surface area contributed by atoms with Crippen molar-refractivity contribution in [3.05, 3.63) is 65.7 Å². The smallest absolute Gasteiger partial charge is 0.163 e. The van der Waals surface area contributed by atoms with Crippen molar-refractivity contribution in [3.63, 3.8) is 0 Å². The number of carbonyl (C=O) groups excluding carboxylic acids is 1. The molecule has 4 heteroatoms. The lowest BCUT2D eigenvalue weighted by atomic mass is 10.1. The number of benzene rings is 2. The van der Waals surface area contributed by atoms with E-state index in [-0.39, 0.29) is 18.0 Å². The highest BCUT2D eigenvalue weighted by molar-refractivity contribution is 5.96. The minimum absolute atomic E-state index is 0.0545. The third-order valence-electron chi connectivity index (χ3n) is 3.22. The summed E-state index contributed by atoms with van der Waals surface area (Å²) in [5, 5.41) is 9.99. The van der Waals surface area contributed by atoms with Crippen LogP contribution in [0.3, 0.4) is 0 Å². The molecule has 2 aromatic rings. The zero-order valence-electron chi connectivity index (χ0n) is 12.6. The van der Waals surface area contributed by atoms with Gasteiger partial charge in [0.25, 0.3) is 0 Å². The van der Waals surface area contributed by atoms with E-state index in [1.165, 1.54) is 6.08 Å². The Morgan fingerprint density at radius 3 is 1.95 bits per heavy atom. The second-order valence-corrected chi connectivity index (χ2v) is 4.75. The van der Waals surface area contributed by atoms with Crippen molar-refractivity contribution in [3.8, 4) is 11.5 Å². The molecule has 0 aromatic heterocycles. The standard InChI is InChI=1S/C18H18O4/c1-21-16-7-3-13(4-8-16)11-15(19)12-18(20)14-5-9-17(22-2)10-6-14/h3-10,12,20H,11H2,1-2H3/b18-12+. The topological polar surface area (TPSA) is 55.8 Å². The summed E-state index contributed by atoms with van der Waals surface area (Å²) in [7, 11) is 3.17. The van der Waals surface area contributed by atoms with Gasteiger partial charge in [0.1, 0.15) is 17.3 Å². The molecule has 114 valence electrons. The third-order valence-corrected chi connectivity index (χ3v) is 3.22. The molecule has 2 aromatic carbocycles. The number of ketones is 1. The summed E-state index contributed by atoms with van der Waals surface area (Å²) in [5.41, 5.74) is 1.44. The summed E-state index contributed by atoms with van der Waals surface area (Å²) in [6.45, 7) is 0. The maximum absolute atomic E-state index is 12.0. The van der Waals surface area contributed by atoms with Gasteiger partial charge in [-0.05, 0) is 42.0 Å². The van der Waals surface area contributed by atoms with Crippen molar-refractivity contribution < 1.29 is 19.4 Å². The van der Waals surface area contributed by atoms with Crippen molar-refractivity contribution in [2.24, 2.45) is 0 Å². The lowest BCUT2D eigenvalue weighted by molar-refractivity contribution is -0.114. The first kappa shape index (κ1) is 15.6. The van der Waals surface area contributed by atoms with Crippen LogP contribution >= 0.6 is 0 Å². The van der Waals surface area contributed by atoms with E-state index in [1.807, 2.05) is 12.1 Å². The fourth-order valence-corrected chi connectivity index (χ4v) is 1.99. The van der Waals surface area contributed by atoms with Gasteiger partial charge in [0.2, 0.25) is 0 Å². The van der Waals surface area contributed by atoms with Crippen LogP contribution in [0.2, 0.25) is 0 Å². The molecule has 0 aliphatic carbocycles.